The number of ether oxygens (including phenoxy) is 1. The minimum Gasteiger partial charge on any atom is -0.479 e. The van der Waals surface area contributed by atoms with Crippen LogP contribution in [0, 0.1) is 0 Å². The van der Waals surface area contributed by atoms with Crippen LogP contribution in [0.4, 0.5) is 0 Å². The Kier molecular flexibility index (Phi) is 7.31. The first-order valence-electron chi connectivity index (χ1n) is 3.59. The number of rotatable bonds is 7. The molecular weight excluding hydrogens is 162 g/mol. The minimum atomic E-state index is -1.01. The van der Waals surface area contributed by atoms with Crippen LogP contribution in [0.2, 0.25) is 0 Å². The fraction of sp³-hybridized carbons (Fsp3) is 0.571. The Morgan fingerprint density at radius 1 is 1.67 bits per heavy atom. The topological polar surface area (TPSA) is 67.8 Å². The fourth-order valence-corrected chi connectivity index (χ4v) is 0.434. The van der Waals surface area contributed by atoms with Gasteiger partial charge in [-0.25, -0.2) is 4.79 Å². The van der Waals surface area contributed by atoms with Gasteiger partial charge in [-0.15, -0.1) is 0 Å². The monoisotopic (exact) mass is 175 g/mol. The normalized spacial score (nSPS) is 10.4. The van der Waals surface area contributed by atoms with Crippen LogP contribution in [0.25, 0.3) is 0 Å². The molecule has 0 rings (SSSR count). The highest BCUT2D eigenvalue weighted by molar-refractivity contribution is 5.67. The molecule has 0 atom stereocenters. The van der Waals surface area contributed by atoms with Crippen LogP contribution in [0.15, 0.2) is 12.3 Å². The molecule has 2 N–H and O–H groups in total. The molecule has 0 radical (unpaired) electrons. The summed E-state index contributed by atoms with van der Waals surface area (Å²) in [5.41, 5.74) is 2.33. The molecule has 0 aliphatic carbocycles. The summed E-state index contributed by atoms with van der Waals surface area (Å²) in [6.45, 7) is 2.67. The van der Waals surface area contributed by atoms with E-state index < -0.39 is 5.97 Å². The van der Waals surface area contributed by atoms with Crippen molar-refractivity contribution in [3.05, 3.63) is 12.3 Å². The predicted molar refractivity (Wildman–Crippen MR) is 42.4 cm³/mol. The third kappa shape index (κ3) is 8.93. The van der Waals surface area contributed by atoms with E-state index >= 15 is 0 Å². The van der Waals surface area contributed by atoms with E-state index in [0.29, 0.717) is 13.2 Å². The summed E-state index contributed by atoms with van der Waals surface area (Å²) in [5.74, 6) is -1.01. The third-order valence-corrected chi connectivity index (χ3v) is 0.883. The second kappa shape index (κ2) is 8.03. The first-order valence-corrected chi connectivity index (χ1v) is 3.59. The van der Waals surface area contributed by atoms with E-state index in [1.54, 1.807) is 6.08 Å². The van der Waals surface area contributed by atoms with E-state index in [1.165, 1.54) is 6.20 Å². The Hall–Kier alpha value is -1.07. The van der Waals surface area contributed by atoms with Crippen molar-refractivity contribution in [1.29, 1.82) is 0 Å². The summed E-state index contributed by atoms with van der Waals surface area (Å²) in [7, 11) is 0. The number of carbonyl (C=O) groups is 1. The Bertz CT molecular complexity index is 146. The number of aliphatic carboxylic acids is 1. The van der Waals surface area contributed by atoms with Gasteiger partial charge in [0, 0.05) is 12.8 Å². The molecule has 5 heteroatoms. The zero-order valence-electron chi connectivity index (χ0n) is 6.95. The molecule has 0 aromatic heterocycles. The Labute approximate surface area is 70.9 Å². The van der Waals surface area contributed by atoms with E-state index in [4.69, 9.17) is 9.84 Å². The average molecular weight is 175 g/mol. The van der Waals surface area contributed by atoms with Crippen molar-refractivity contribution in [2.24, 2.45) is 0 Å². The van der Waals surface area contributed by atoms with Gasteiger partial charge in [-0.3, -0.25) is 10.3 Å². The number of hydrogen-bond acceptors (Lipinski definition) is 4. The molecule has 70 valence electrons. The molecule has 0 aromatic carbocycles. The molecule has 0 unspecified atom stereocenters. The summed E-state index contributed by atoms with van der Waals surface area (Å²) in [5, 5.41) is 8.14. The van der Waals surface area contributed by atoms with Crippen molar-refractivity contribution in [1.82, 2.24) is 5.48 Å². The zero-order valence-corrected chi connectivity index (χ0v) is 6.95. The van der Waals surface area contributed by atoms with Gasteiger partial charge in [-0.2, -0.15) is 0 Å². The first-order chi connectivity index (χ1) is 5.77. The van der Waals surface area contributed by atoms with E-state index in [2.05, 4.69) is 10.3 Å². The fourth-order valence-electron chi connectivity index (χ4n) is 0.434. The molecule has 0 amide bonds. The number of hydrogen-bond donors (Lipinski definition) is 2. The lowest BCUT2D eigenvalue weighted by atomic mass is 10.6. The number of hydroxylamine groups is 1. The minimum absolute atomic E-state index is 0.362. The van der Waals surface area contributed by atoms with Crippen LogP contribution >= 0.6 is 0 Å². The highest BCUT2D eigenvalue weighted by atomic mass is 16.7. The molecule has 0 aromatic rings. The molecule has 0 aliphatic rings. The summed E-state index contributed by atoms with van der Waals surface area (Å²) in [6, 6.07) is 0. The van der Waals surface area contributed by atoms with Crippen LogP contribution in [0.3, 0.4) is 0 Å². The van der Waals surface area contributed by atoms with E-state index in [9.17, 15) is 4.79 Å². The van der Waals surface area contributed by atoms with Crippen LogP contribution in [0.1, 0.15) is 6.92 Å². The van der Waals surface area contributed by atoms with E-state index in [-0.39, 0.29) is 6.61 Å². The maximum absolute atomic E-state index is 9.92. The summed E-state index contributed by atoms with van der Waals surface area (Å²) < 4.78 is 4.96. The Balaban J connectivity index is 3.08. The zero-order chi connectivity index (χ0) is 9.23. The number of carboxylic acid groups (broad SMARTS) is 1. The van der Waals surface area contributed by atoms with Crippen molar-refractivity contribution in [3.8, 4) is 0 Å². The standard InChI is InChI=1S/C7H13NO4/c1-2-11-5-3-4-8-12-6-7(9)10/h3-4,8H,2,5-6H2,1H3,(H,9,10). The van der Waals surface area contributed by atoms with Crippen molar-refractivity contribution < 1.29 is 19.5 Å². The second-order valence-electron chi connectivity index (χ2n) is 1.86. The van der Waals surface area contributed by atoms with Gasteiger partial charge in [0.15, 0.2) is 6.61 Å². The second-order valence-corrected chi connectivity index (χ2v) is 1.86. The highest BCUT2D eigenvalue weighted by Gasteiger charge is 1.92. The Morgan fingerprint density at radius 3 is 3.00 bits per heavy atom. The SMILES string of the molecule is CCOCC=CNOCC(=O)O. The largest absolute Gasteiger partial charge is 0.479 e. The van der Waals surface area contributed by atoms with Crippen molar-refractivity contribution in [2.75, 3.05) is 19.8 Å². The van der Waals surface area contributed by atoms with Gasteiger partial charge in [-0.1, -0.05) is 0 Å². The molecule has 0 bridgehead atoms. The van der Waals surface area contributed by atoms with Gasteiger partial charge in [0.1, 0.15) is 0 Å². The van der Waals surface area contributed by atoms with Gasteiger partial charge in [0.2, 0.25) is 0 Å². The Morgan fingerprint density at radius 2 is 2.42 bits per heavy atom. The smallest absolute Gasteiger partial charge is 0.332 e. The lowest BCUT2D eigenvalue weighted by Gasteiger charge is -1.97. The lowest BCUT2D eigenvalue weighted by molar-refractivity contribution is -0.144. The summed E-state index contributed by atoms with van der Waals surface area (Å²) in [6.07, 6.45) is 3.17. The molecule has 5 nitrogen and oxygen atoms in total. The molecule has 12 heavy (non-hydrogen) atoms. The van der Waals surface area contributed by atoms with E-state index in [0.717, 1.165) is 0 Å². The maximum atomic E-state index is 9.92. The van der Waals surface area contributed by atoms with Crippen LogP contribution in [-0.4, -0.2) is 30.9 Å². The molecule has 0 saturated carbocycles. The summed E-state index contributed by atoms with van der Waals surface area (Å²) in [4.78, 5) is 14.4. The van der Waals surface area contributed by atoms with Crippen LogP contribution in [0.5, 0.6) is 0 Å². The van der Waals surface area contributed by atoms with Crippen molar-refractivity contribution >= 4 is 5.97 Å². The van der Waals surface area contributed by atoms with Gasteiger partial charge >= 0.3 is 5.97 Å². The highest BCUT2D eigenvalue weighted by Crippen LogP contribution is 1.75. The number of carboxylic acids is 1. The molecule has 0 fully saturated rings. The molecule has 0 spiro atoms. The third-order valence-electron chi connectivity index (χ3n) is 0.883. The average Bonchev–Trinajstić information content (AvgIpc) is 2.02. The van der Waals surface area contributed by atoms with Gasteiger partial charge in [0.05, 0.1) is 6.61 Å². The first kappa shape index (κ1) is 10.9. The van der Waals surface area contributed by atoms with Crippen LogP contribution in [-0.2, 0) is 14.4 Å². The van der Waals surface area contributed by atoms with E-state index in [1.807, 2.05) is 6.92 Å². The number of nitrogens with one attached hydrogen (secondary N) is 1. The molecule has 0 heterocycles. The summed E-state index contributed by atoms with van der Waals surface area (Å²) >= 11 is 0. The molecule has 0 aliphatic heterocycles. The van der Waals surface area contributed by atoms with Crippen molar-refractivity contribution in [2.45, 2.75) is 6.92 Å². The van der Waals surface area contributed by atoms with Crippen molar-refractivity contribution in [3.63, 3.8) is 0 Å². The molecular formula is C7H13NO4. The maximum Gasteiger partial charge on any atom is 0.332 e. The predicted octanol–water partition coefficient (Wildman–Crippen LogP) is 0.142. The van der Waals surface area contributed by atoms with Gasteiger partial charge in [0.25, 0.3) is 0 Å². The van der Waals surface area contributed by atoms with Crippen LogP contribution < -0.4 is 5.48 Å². The van der Waals surface area contributed by atoms with Gasteiger partial charge < -0.3 is 9.84 Å². The quantitative estimate of drug-likeness (QED) is 0.425. The lowest BCUT2D eigenvalue weighted by Crippen LogP contribution is -2.14. The molecule has 0 saturated heterocycles. The van der Waals surface area contributed by atoms with Gasteiger partial charge in [-0.05, 0) is 13.0 Å².